The Morgan fingerprint density at radius 2 is 2.06 bits per heavy atom. The number of rotatable bonds is 2. The highest BCUT2D eigenvalue weighted by Crippen LogP contribution is 2.20. The minimum Gasteiger partial charge on any atom is -0.444 e. The van der Waals surface area contributed by atoms with Gasteiger partial charge in [-0.15, -0.1) is 0 Å². The minimum absolute atomic E-state index is 0.0775. The summed E-state index contributed by atoms with van der Waals surface area (Å²) >= 11 is 0. The second kappa shape index (κ2) is 5.35. The standard InChI is InChI=1S/C13H19FN2O2/c1-8(15)9-5-6-11(10(14)7-9)16-12(17)18-13(2,3)4/h5-8H,15H2,1-4H3,(H,16,17)/t8-/m0/s1. The Bertz CT molecular complexity index is 439. The molecule has 0 bridgehead atoms. The van der Waals surface area contributed by atoms with Crippen molar-refractivity contribution in [2.75, 3.05) is 5.32 Å². The fourth-order valence-electron chi connectivity index (χ4n) is 1.33. The monoisotopic (exact) mass is 254 g/mol. The molecular weight excluding hydrogens is 235 g/mol. The summed E-state index contributed by atoms with van der Waals surface area (Å²) in [5.74, 6) is -0.532. The summed E-state index contributed by atoms with van der Waals surface area (Å²) in [6, 6.07) is 4.19. The van der Waals surface area contributed by atoms with Crippen LogP contribution in [0.25, 0.3) is 0 Å². The molecule has 1 rings (SSSR count). The summed E-state index contributed by atoms with van der Waals surface area (Å²) in [6.45, 7) is 6.97. The van der Waals surface area contributed by atoms with Crippen LogP contribution < -0.4 is 11.1 Å². The van der Waals surface area contributed by atoms with Crippen LogP contribution >= 0.6 is 0 Å². The fraction of sp³-hybridized carbons (Fsp3) is 0.462. The van der Waals surface area contributed by atoms with E-state index in [1.54, 1.807) is 33.8 Å². The van der Waals surface area contributed by atoms with Crippen molar-refractivity contribution in [2.45, 2.75) is 39.3 Å². The lowest BCUT2D eigenvalue weighted by atomic mass is 10.1. The first-order valence-corrected chi connectivity index (χ1v) is 5.74. The lowest BCUT2D eigenvalue weighted by Crippen LogP contribution is -2.27. The van der Waals surface area contributed by atoms with E-state index in [4.69, 9.17) is 10.5 Å². The van der Waals surface area contributed by atoms with Gasteiger partial charge in [-0.25, -0.2) is 9.18 Å². The molecule has 0 aliphatic rings. The van der Waals surface area contributed by atoms with Crippen LogP contribution in [0.5, 0.6) is 0 Å². The molecule has 0 radical (unpaired) electrons. The molecule has 0 spiro atoms. The van der Waals surface area contributed by atoms with Crippen molar-refractivity contribution >= 4 is 11.8 Å². The topological polar surface area (TPSA) is 64.3 Å². The number of halogens is 1. The maximum Gasteiger partial charge on any atom is 0.412 e. The van der Waals surface area contributed by atoms with E-state index in [0.29, 0.717) is 5.56 Å². The van der Waals surface area contributed by atoms with Gasteiger partial charge in [0, 0.05) is 6.04 Å². The maximum absolute atomic E-state index is 13.7. The van der Waals surface area contributed by atoms with Gasteiger partial charge < -0.3 is 10.5 Å². The molecule has 4 nitrogen and oxygen atoms in total. The van der Waals surface area contributed by atoms with Crippen LogP contribution in [0.4, 0.5) is 14.9 Å². The third-order valence-electron chi connectivity index (χ3n) is 2.15. The fourth-order valence-corrected chi connectivity index (χ4v) is 1.33. The largest absolute Gasteiger partial charge is 0.444 e. The Kier molecular flexibility index (Phi) is 4.29. The number of amides is 1. The van der Waals surface area contributed by atoms with Crippen LogP contribution in [-0.4, -0.2) is 11.7 Å². The van der Waals surface area contributed by atoms with E-state index in [1.165, 1.54) is 12.1 Å². The molecule has 5 heteroatoms. The van der Waals surface area contributed by atoms with Crippen LogP contribution in [0, 0.1) is 5.82 Å². The van der Waals surface area contributed by atoms with Crippen molar-refractivity contribution in [3.05, 3.63) is 29.6 Å². The molecule has 1 atom stereocenters. The van der Waals surface area contributed by atoms with Crippen LogP contribution in [0.2, 0.25) is 0 Å². The summed E-state index contributed by atoms with van der Waals surface area (Å²) in [7, 11) is 0. The smallest absolute Gasteiger partial charge is 0.412 e. The van der Waals surface area contributed by atoms with Crippen molar-refractivity contribution in [3.8, 4) is 0 Å². The highest BCUT2D eigenvalue weighted by atomic mass is 19.1. The summed E-state index contributed by atoms with van der Waals surface area (Å²) < 4.78 is 18.7. The molecule has 0 aromatic heterocycles. The molecule has 0 saturated heterocycles. The third kappa shape index (κ3) is 4.33. The molecule has 3 N–H and O–H groups in total. The molecule has 0 aliphatic heterocycles. The zero-order valence-electron chi connectivity index (χ0n) is 11.1. The predicted molar refractivity (Wildman–Crippen MR) is 68.9 cm³/mol. The average molecular weight is 254 g/mol. The Hall–Kier alpha value is -1.62. The maximum atomic E-state index is 13.7. The molecule has 1 aromatic rings. The van der Waals surface area contributed by atoms with Crippen molar-refractivity contribution < 1.29 is 13.9 Å². The minimum atomic E-state index is -0.685. The molecule has 0 heterocycles. The molecule has 18 heavy (non-hydrogen) atoms. The second-order valence-electron chi connectivity index (χ2n) is 5.15. The Morgan fingerprint density at radius 1 is 1.44 bits per heavy atom. The molecular formula is C13H19FN2O2. The second-order valence-corrected chi connectivity index (χ2v) is 5.15. The molecule has 1 aromatic carbocycles. The lowest BCUT2D eigenvalue weighted by molar-refractivity contribution is 0.0635. The number of hydrogen-bond acceptors (Lipinski definition) is 3. The molecule has 0 unspecified atom stereocenters. The number of anilines is 1. The zero-order valence-corrected chi connectivity index (χ0v) is 11.1. The normalized spacial score (nSPS) is 13.0. The highest BCUT2D eigenvalue weighted by molar-refractivity contribution is 5.85. The van der Waals surface area contributed by atoms with Gasteiger partial charge >= 0.3 is 6.09 Å². The van der Waals surface area contributed by atoms with E-state index in [2.05, 4.69) is 5.32 Å². The first-order chi connectivity index (χ1) is 8.19. The first kappa shape index (κ1) is 14.4. The number of nitrogens with one attached hydrogen (secondary N) is 1. The van der Waals surface area contributed by atoms with Gasteiger partial charge in [-0.05, 0) is 45.4 Å². The Labute approximate surface area is 106 Å². The molecule has 0 aliphatic carbocycles. The van der Waals surface area contributed by atoms with E-state index in [9.17, 15) is 9.18 Å². The van der Waals surface area contributed by atoms with Crippen molar-refractivity contribution in [3.63, 3.8) is 0 Å². The van der Waals surface area contributed by atoms with Crippen molar-refractivity contribution in [1.82, 2.24) is 0 Å². The summed E-state index contributed by atoms with van der Waals surface area (Å²) in [5.41, 5.74) is 5.77. The number of hydrogen-bond donors (Lipinski definition) is 2. The first-order valence-electron chi connectivity index (χ1n) is 5.74. The Morgan fingerprint density at radius 3 is 2.50 bits per heavy atom. The quantitative estimate of drug-likeness (QED) is 0.851. The van der Waals surface area contributed by atoms with E-state index in [-0.39, 0.29) is 11.7 Å². The molecule has 100 valence electrons. The molecule has 0 saturated carbocycles. The van der Waals surface area contributed by atoms with Gasteiger partial charge in [0.15, 0.2) is 0 Å². The number of nitrogens with two attached hydrogens (primary N) is 1. The summed E-state index contributed by atoms with van der Waals surface area (Å²) in [5, 5.41) is 2.36. The van der Waals surface area contributed by atoms with Crippen LogP contribution in [0.1, 0.15) is 39.3 Å². The summed E-state index contributed by atoms with van der Waals surface area (Å²) in [4.78, 5) is 11.5. The van der Waals surface area contributed by atoms with Gasteiger partial charge in [0.2, 0.25) is 0 Å². The number of benzene rings is 1. The van der Waals surface area contributed by atoms with Crippen LogP contribution in [-0.2, 0) is 4.74 Å². The van der Waals surface area contributed by atoms with Gasteiger partial charge in [-0.2, -0.15) is 0 Å². The van der Waals surface area contributed by atoms with Gasteiger partial charge in [0.05, 0.1) is 5.69 Å². The van der Waals surface area contributed by atoms with Crippen LogP contribution in [0.15, 0.2) is 18.2 Å². The van der Waals surface area contributed by atoms with Gasteiger partial charge in [0.1, 0.15) is 11.4 Å². The number of carbonyl (C=O) groups is 1. The Balaban J connectivity index is 2.77. The van der Waals surface area contributed by atoms with Crippen molar-refractivity contribution in [1.29, 1.82) is 0 Å². The van der Waals surface area contributed by atoms with E-state index in [0.717, 1.165) is 0 Å². The summed E-state index contributed by atoms with van der Waals surface area (Å²) in [6.07, 6.45) is -0.685. The average Bonchev–Trinajstić information content (AvgIpc) is 2.17. The predicted octanol–water partition coefficient (Wildman–Crippen LogP) is 3.19. The van der Waals surface area contributed by atoms with Gasteiger partial charge in [0.25, 0.3) is 0 Å². The van der Waals surface area contributed by atoms with E-state index < -0.39 is 17.5 Å². The lowest BCUT2D eigenvalue weighted by Gasteiger charge is -2.20. The van der Waals surface area contributed by atoms with E-state index >= 15 is 0 Å². The zero-order chi connectivity index (χ0) is 13.9. The molecule has 1 amide bonds. The number of carbonyl (C=O) groups excluding carboxylic acids is 1. The van der Waals surface area contributed by atoms with Gasteiger partial charge in [-0.1, -0.05) is 6.07 Å². The number of ether oxygens (including phenoxy) is 1. The highest BCUT2D eigenvalue weighted by Gasteiger charge is 2.17. The SMILES string of the molecule is C[C@H](N)c1ccc(NC(=O)OC(C)(C)C)c(F)c1. The third-order valence-corrected chi connectivity index (χ3v) is 2.15. The van der Waals surface area contributed by atoms with Gasteiger partial charge in [-0.3, -0.25) is 5.32 Å². The molecule has 0 fully saturated rings. The van der Waals surface area contributed by atoms with E-state index in [1.807, 2.05) is 0 Å². The van der Waals surface area contributed by atoms with Crippen molar-refractivity contribution in [2.24, 2.45) is 5.73 Å². The van der Waals surface area contributed by atoms with Crippen LogP contribution in [0.3, 0.4) is 0 Å².